The zero-order valence-electron chi connectivity index (χ0n) is 10.5. The molecule has 2 aromatic heterocycles. The third-order valence-electron chi connectivity index (χ3n) is 3.09. The molecule has 3 rings (SSSR count). The van der Waals surface area contributed by atoms with Crippen LogP contribution in [0.15, 0.2) is 49.1 Å². The Kier molecular flexibility index (Phi) is 3.09. The predicted molar refractivity (Wildman–Crippen MR) is 74.2 cm³/mol. The second-order valence-corrected chi connectivity index (χ2v) is 4.80. The average molecular weight is 273 g/mol. The molecule has 0 aliphatic heterocycles. The highest BCUT2D eigenvalue weighted by Crippen LogP contribution is 2.20. The van der Waals surface area contributed by atoms with Crippen molar-refractivity contribution in [1.82, 2.24) is 19.5 Å². The molecule has 0 saturated carbocycles. The van der Waals surface area contributed by atoms with Gasteiger partial charge in [-0.1, -0.05) is 29.8 Å². The van der Waals surface area contributed by atoms with Crippen molar-refractivity contribution < 1.29 is 0 Å². The summed E-state index contributed by atoms with van der Waals surface area (Å²) in [6, 6.07) is 12.1. The van der Waals surface area contributed by atoms with E-state index in [1.54, 1.807) is 12.7 Å². The summed E-state index contributed by atoms with van der Waals surface area (Å²) in [6.45, 7) is 2.05. The molecule has 0 fully saturated rings. The number of nitrogens with zero attached hydrogens (tertiary/aromatic N) is 4. The summed E-state index contributed by atoms with van der Waals surface area (Å²) in [4.78, 5) is 0. The standard InChI is InChI=1S/C14H13ClN4/c1-11-6-7-13(19(11)18-9-16-17-10-18)8-12-4-2-3-5-14(12)15/h2-7,9-10H,8H2,1H3. The maximum Gasteiger partial charge on any atom is 0.139 e. The second-order valence-electron chi connectivity index (χ2n) is 4.39. The van der Waals surface area contributed by atoms with E-state index in [0.717, 1.165) is 28.4 Å². The van der Waals surface area contributed by atoms with Gasteiger partial charge in [0.15, 0.2) is 0 Å². The highest BCUT2D eigenvalue weighted by molar-refractivity contribution is 6.31. The average Bonchev–Trinajstić information content (AvgIpc) is 3.02. The lowest BCUT2D eigenvalue weighted by molar-refractivity contribution is 0.613. The number of hydrogen-bond donors (Lipinski definition) is 0. The Labute approximate surface area is 116 Å². The van der Waals surface area contributed by atoms with Crippen LogP contribution in [0.1, 0.15) is 17.0 Å². The molecule has 1 aromatic carbocycles. The van der Waals surface area contributed by atoms with Gasteiger partial charge < -0.3 is 0 Å². The maximum absolute atomic E-state index is 6.22. The first-order chi connectivity index (χ1) is 9.25. The van der Waals surface area contributed by atoms with Crippen LogP contribution in [-0.4, -0.2) is 19.5 Å². The van der Waals surface area contributed by atoms with Gasteiger partial charge in [-0.15, -0.1) is 10.2 Å². The molecule has 0 saturated heterocycles. The summed E-state index contributed by atoms with van der Waals surface area (Å²) in [5.74, 6) is 0. The van der Waals surface area contributed by atoms with Crippen molar-refractivity contribution in [1.29, 1.82) is 0 Å². The minimum Gasteiger partial charge on any atom is -0.255 e. The molecule has 0 spiro atoms. The fourth-order valence-corrected chi connectivity index (χ4v) is 2.39. The van der Waals surface area contributed by atoms with Crippen LogP contribution in [0, 0.1) is 6.92 Å². The van der Waals surface area contributed by atoms with Crippen LogP contribution in [0.25, 0.3) is 0 Å². The molecule has 0 unspecified atom stereocenters. The van der Waals surface area contributed by atoms with Crippen LogP contribution in [0.3, 0.4) is 0 Å². The molecule has 96 valence electrons. The Morgan fingerprint density at radius 2 is 1.79 bits per heavy atom. The van der Waals surface area contributed by atoms with E-state index in [-0.39, 0.29) is 0 Å². The van der Waals surface area contributed by atoms with Crippen LogP contribution >= 0.6 is 11.6 Å². The maximum atomic E-state index is 6.22. The van der Waals surface area contributed by atoms with E-state index in [4.69, 9.17) is 11.6 Å². The Bertz CT molecular complexity index is 685. The smallest absolute Gasteiger partial charge is 0.139 e. The molecule has 5 heteroatoms. The van der Waals surface area contributed by atoms with E-state index in [2.05, 4.69) is 33.9 Å². The van der Waals surface area contributed by atoms with Gasteiger partial charge in [0.2, 0.25) is 0 Å². The predicted octanol–water partition coefficient (Wildman–Crippen LogP) is 2.94. The third kappa shape index (κ3) is 2.27. The molecule has 0 amide bonds. The molecule has 4 nitrogen and oxygen atoms in total. The number of rotatable bonds is 3. The van der Waals surface area contributed by atoms with Gasteiger partial charge in [0.05, 0.1) is 0 Å². The molecule has 19 heavy (non-hydrogen) atoms. The Balaban J connectivity index is 2.01. The summed E-state index contributed by atoms with van der Waals surface area (Å²) in [5.41, 5.74) is 3.38. The summed E-state index contributed by atoms with van der Waals surface area (Å²) in [7, 11) is 0. The van der Waals surface area contributed by atoms with E-state index in [9.17, 15) is 0 Å². The zero-order chi connectivity index (χ0) is 13.2. The lowest BCUT2D eigenvalue weighted by atomic mass is 10.1. The summed E-state index contributed by atoms with van der Waals surface area (Å²) in [5, 5.41) is 8.49. The molecule has 2 heterocycles. The molecule has 3 aromatic rings. The first kappa shape index (κ1) is 12.0. The monoisotopic (exact) mass is 272 g/mol. The minimum atomic E-state index is 0.770. The lowest BCUT2D eigenvalue weighted by Crippen LogP contribution is -2.12. The highest BCUT2D eigenvalue weighted by Gasteiger charge is 2.09. The first-order valence-corrected chi connectivity index (χ1v) is 6.39. The Morgan fingerprint density at radius 1 is 1.05 bits per heavy atom. The van der Waals surface area contributed by atoms with Gasteiger partial charge in [-0.2, -0.15) is 0 Å². The van der Waals surface area contributed by atoms with E-state index < -0.39 is 0 Å². The number of halogens is 1. The van der Waals surface area contributed by atoms with Gasteiger partial charge in [-0.25, -0.2) is 4.68 Å². The van der Waals surface area contributed by atoms with Crippen LogP contribution in [0.5, 0.6) is 0 Å². The van der Waals surface area contributed by atoms with Crippen LogP contribution in [0.2, 0.25) is 5.02 Å². The van der Waals surface area contributed by atoms with Gasteiger partial charge in [-0.05, 0) is 30.7 Å². The normalized spacial score (nSPS) is 10.8. The van der Waals surface area contributed by atoms with Crippen LogP contribution in [0.4, 0.5) is 0 Å². The quantitative estimate of drug-likeness (QED) is 0.735. The van der Waals surface area contributed by atoms with Gasteiger partial charge in [0.25, 0.3) is 0 Å². The molecule has 0 radical (unpaired) electrons. The van der Waals surface area contributed by atoms with E-state index in [1.807, 2.05) is 28.9 Å². The van der Waals surface area contributed by atoms with Crippen molar-refractivity contribution >= 4 is 11.6 Å². The fraction of sp³-hybridized carbons (Fsp3) is 0.143. The van der Waals surface area contributed by atoms with Gasteiger partial charge in [0.1, 0.15) is 12.7 Å². The van der Waals surface area contributed by atoms with Crippen molar-refractivity contribution in [3.8, 4) is 0 Å². The van der Waals surface area contributed by atoms with Crippen LogP contribution in [-0.2, 0) is 6.42 Å². The third-order valence-corrected chi connectivity index (χ3v) is 3.46. The molecule has 0 bridgehead atoms. The topological polar surface area (TPSA) is 35.6 Å². The second kappa shape index (κ2) is 4.90. The minimum absolute atomic E-state index is 0.770. The van der Waals surface area contributed by atoms with Crippen molar-refractivity contribution in [3.63, 3.8) is 0 Å². The van der Waals surface area contributed by atoms with Crippen molar-refractivity contribution in [2.24, 2.45) is 0 Å². The molecule has 0 N–H and O–H groups in total. The molecule has 0 aliphatic carbocycles. The van der Waals surface area contributed by atoms with E-state index >= 15 is 0 Å². The van der Waals surface area contributed by atoms with Gasteiger partial charge >= 0.3 is 0 Å². The zero-order valence-corrected chi connectivity index (χ0v) is 11.2. The fourth-order valence-electron chi connectivity index (χ4n) is 2.18. The van der Waals surface area contributed by atoms with Gasteiger partial charge in [0, 0.05) is 22.8 Å². The summed E-state index contributed by atoms with van der Waals surface area (Å²) in [6.07, 6.45) is 4.14. The summed E-state index contributed by atoms with van der Waals surface area (Å²) < 4.78 is 3.94. The van der Waals surface area contributed by atoms with Gasteiger partial charge in [-0.3, -0.25) is 4.68 Å². The largest absolute Gasteiger partial charge is 0.255 e. The number of hydrogen-bond acceptors (Lipinski definition) is 2. The van der Waals surface area contributed by atoms with Crippen LogP contribution < -0.4 is 0 Å². The van der Waals surface area contributed by atoms with Crippen molar-refractivity contribution in [3.05, 3.63) is 71.0 Å². The number of benzene rings is 1. The Morgan fingerprint density at radius 3 is 2.53 bits per heavy atom. The van der Waals surface area contributed by atoms with Crippen molar-refractivity contribution in [2.75, 3.05) is 0 Å². The molecular formula is C14H13ClN4. The molecular weight excluding hydrogens is 260 g/mol. The van der Waals surface area contributed by atoms with E-state index in [0.29, 0.717) is 0 Å². The summed E-state index contributed by atoms with van der Waals surface area (Å²) >= 11 is 6.22. The van der Waals surface area contributed by atoms with E-state index in [1.165, 1.54) is 0 Å². The SMILES string of the molecule is Cc1ccc(Cc2ccccc2Cl)n1-n1cnnc1. The number of aryl methyl sites for hydroxylation is 1. The van der Waals surface area contributed by atoms with Crippen molar-refractivity contribution in [2.45, 2.75) is 13.3 Å². The molecule has 0 atom stereocenters. The Hall–Kier alpha value is -2.07. The highest BCUT2D eigenvalue weighted by atomic mass is 35.5. The molecule has 0 aliphatic rings. The lowest BCUT2D eigenvalue weighted by Gasteiger charge is -2.12. The first-order valence-electron chi connectivity index (χ1n) is 6.01. The number of aromatic nitrogens is 4.